The van der Waals surface area contributed by atoms with E-state index in [0.29, 0.717) is 6.54 Å². The lowest BCUT2D eigenvalue weighted by Gasteiger charge is -2.07. The zero-order valence-corrected chi connectivity index (χ0v) is 8.40. The van der Waals surface area contributed by atoms with Crippen LogP contribution in [0.15, 0.2) is 16.6 Å². The summed E-state index contributed by atoms with van der Waals surface area (Å²) in [6, 6.07) is 4.16. The molecule has 0 heterocycles. The van der Waals surface area contributed by atoms with Crippen LogP contribution in [-0.4, -0.2) is 0 Å². The first-order chi connectivity index (χ1) is 5.16. The van der Waals surface area contributed by atoms with Crippen LogP contribution in [0.5, 0.6) is 0 Å². The molecule has 0 atom stereocenters. The van der Waals surface area contributed by atoms with Gasteiger partial charge in [0.1, 0.15) is 0 Å². The average Bonchev–Trinajstić information content (AvgIpc) is 2.01. The van der Waals surface area contributed by atoms with Crippen molar-refractivity contribution in [2.75, 3.05) is 0 Å². The number of benzene rings is 1. The molecule has 2 heteroatoms. The van der Waals surface area contributed by atoms with Gasteiger partial charge >= 0.3 is 0 Å². The zero-order valence-electron chi connectivity index (χ0n) is 6.82. The molecule has 0 aliphatic heterocycles. The molecule has 0 spiro atoms. The Kier molecular flexibility index (Phi) is 2.68. The molecule has 2 N–H and O–H groups in total. The third-order valence-corrected chi connectivity index (χ3v) is 3.13. The molecule has 0 amide bonds. The molecule has 0 saturated heterocycles. The van der Waals surface area contributed by atoms with Crippen molar-refractivity contribution in [2.45, 2.75) is 20.4 Å². The van der Waals surface area contributed by atoms with Crippen molar-refractivity contribution in [3.63, 3.8) is 0 Å². The standard InChI is InChI=1S/C9H12BrN/c1-6-3-4-8(5-11)7(2)9(6)10/h3-4H,5,11H2,1-2H3. The molecular weight excluding hydrogens is 202 g/mol. The maximum Gasteiger partial charge on any atom is 0.0236 e. The molecule has 0 fully saturated rings. The van der Waals surface area contributed by atoms with Crippen molar-refractivity contribution in [3.8, 4) is 0 Å². The highest BCUT2D eigenvalue weighted by atomic mass is 79.9. The molecule has 0 aromatic heterocycles. The van der Waals surface area contributed by atoms with Crippen LogP contribution in [0.25, 0.3) is 0 Å². The van der Waals surface area contributed by atoms with Gasteiger partial charge in [-0.3, -0.25) is 0 Å². The molecule has 0 aliphatic carbocycles. The van der Waals surface area contributed by atoms with Crippen molar-refractivity contribution in [3.05, 3.63) is 33.3 Å². The maximum absolute atomic E-state index is 5.55. The van der Waals surface area contributed by atoms with Crippen LogP contribution in [0.3, 0.4) is 0 Å². The Morgan fingerprint density at radius 2 is 2.00 bits per heavy atom. The number of hydrogen-bond acceptors (Lipinski definition) is 1. The Bertz CT molecular complexity index is 269. The predicted molar refractivity (Wildman–Crippen MR) is 51.5 cm³/mol. The second-order valence-corrected chi connectivity index (χ2v) is 3.48. The Balaban J connectivity index is 3.25. The first-order valence-electron chi connectivity index (χ1n) is 3.61. The fourth-order valence-electron chi connectivity index (χ4n) is 1.08. The quantitative estimate of drug-likeness (QED) is 0.763. The molecule has 1 aromatic rings. The summed E-state index contributed by atoms with van der Waals surface area (Å²) in [5.74, 6) is 0. The molecule has 1 aromatic carbocycles. The van der Waals surface area contributed by atoms with E-state index in [0.717, 1.165) is 0 Å². The number of rotatable bonds is 1. The molecule has 60 valence electrons. The number of nitrogens with two attached hydrogens (primary N) is 1. The van der Waals surface area contributed by atoms with Gasteiger partial charge in [0.25, 0.3) is 0 Å². The third kappa shape index (κ3) is 1.63. The highest BCUT2D eigenvalue weighted by Crippen LogP contribution is 2.23. The van der Waals surface area contributed by atoms with Crippen molar-refractivity contribution in [1.29, 1.82) is 0 Å². The summed E-state index contributed by atoms with van der Waals surface area (Å²) in [7, 11) is 0. The van der Waals surface area contributed by atoms with Crippen LogP contribution in [0.1, 0.15) is 16.7 Å². The lowest BCUT2D eigenvalue weighted by molar-refractivity contribution is 1.04. The summed E-state index contributed by atoms with van der Waals surface area (Å²) in [5.41, 5.74) is 9.28. The molecule has 1 rings (SSSR count). The largest absolute Gasteiger partial charge is 0.326 e. The molecule has 1 nitrogen and oxygen atoms in total. The maximum atomic E-state index is 5.55. The molecule has 0 bridgehead atoms. The summed E-state index contributed by atoms with van der Waals surface area (Å²) in [6.45, 7) is 4.78. The fraction of sp³-hybridized carbons (Fsp3) is 0.333. The van der Waals surface area contributed by atoms with Crippen LogP contribution in [-0.2, 0) is 6.54 Å². The minimum atomic E-state index is 0.616. The van der Waals surface area contributed by atoms with E-state index in [-0.39, 0.29) is 0 Å². The van der Waals surface area contributed by atoms with Gasteiger partial charge in [-0.2, -0.15) is 0 Å². The topological polar surface area (TPSA) is 26.0 Å². The first kappa shape index (κ1) is 8.75. The Labute approximate surface area is 75.7 Å². The number of halogens is 1. The molecule has 0 radical (unpaired) electrons. The molecule has 0 unspecified atom stereocenters. The summed E-state index contributed by atoms with van der Waals surface area (Å²) in [4.78, 5) is 0. The van der Waals surface area contributed by atoms with Crippen molar-refractivity contribution >= 4 is 15.9 Å². The van der Waals surface area contributed by atoms with Crippen LogP contribution in [0.4, 0.5) is 0 Å². The molecule has 0 saturated carbocycles. The Morgan fingerprint density at radius 1 is 1.36 bits per heavy atom. The van der Waals surface area contributed by atoms with Gasteiger partial charge in [0.2, 0.25) is 0 Å². The van der Waals surface area contributed by atoms with E-state index in [1.807, 2.05) is 0 Å². The SMILES string of the molecule is Cc1ccc(CN)c(C)c1Br. The molecule has 0 aliphatic rings. The highest BCUT2D eigenvalue weighted by Gasteiger charge is 2.02. The Morgan fingerprint density at radius 3 is 2.55 bits per heavy atom. The Hall–Kier alpha value is -0.340. The zero-order chi connectivity index (χ0) is 8.43. The predicted octanol–water partition coefficient (Wildman–Crippen LogP) is 2.52. The van der Waals surface area contributed by atoms with E-state index in [9.17, 15) is 0 Å². The van der Waals surface area contributed by atoms with Gasteiger partial charge in [-0.1, -0.05) is 28.1 Å². The average molecular weight is 214 g/mol. The third-order valence-electron chi connectivity index (χ3n) is 1.91. The highest BCUT2D eigenvalue weighted by molar-refractivity contribution is 9.10. The van der Waals surface area contributed by atoms with E-state index >= 15 is 0 Å². The smallest absolute Gasteiger partial charge is 0.0236 e. The second kappa shape index (κ2) is 3.37. The fourth-order valence-corrected chi connectivity index (χ4v) is 1.47. The van der Waals surface area contributed by atoms with Gasteiger partial charge in [0.15, 0.2) is 0 Å². The second-order valence-electron chi connectivity index (χ2n) is 2.68. The summed E-state index contributed by atoms with van der Waals surface area (Å²) < 4.78 is 1.18. The van der Waals surface area contributed by atoms with Crippen molar-refractivity contribution in [1.82, 2.24) is 0 Å². The minimum absolute atomic E-state index is 0.616. The monoisotopic (exact) mass is 213 g/mol. The van der Waals surface area contributed by atoms with Gasteiger partial charge in [-0.25, -0.2) is 0 Å². The summed E-state index contributed by atoms with van der Waals surface area (Å²) in [6.07, 6.45) is 0. The van der Waals surface area contributed by atoms with Gasteiger partial charge < -0.3 is 5.73 Å². The van der Waals surface area contributed by atoms with E-state index < -0.39 is 0 Å². The molecular formula is C9H12BrN. The van der Waals surface area contributed by atoms with Crippen LogP contribution >= 0.6 is 15.9 Å². The molecule has 11 heavy (non-hydrogen) atoms. The normalized spacial score (nSPS) is 10.2. The van der Waals surface area contributed by atoms with Gasteiger partial charge in [0, 0.05) is 11.0 Å². The lowest BCUT2D eigenvalue weighted by Crippen LogP contribution is -1.99. The number of aryl methyl sites for hydroxylation is 1. The van der Waals surface area contributed by atoms with Crippen LogP contribution in [0, 0.1) is 13.8 Å². The van der Waals surface area contributed by atoms with E-state index in [1.165, 1.54) is 21.2 Å². The van der Waals surface area contributed by atoms with Crippen molar-refractivity contribution in [2.24, 2.45) is 5.73 Å². The van der Waals surface area contributed by atoms with Crippen molar-refractivity contribution < 1.29 is 0 Å². The van der Waals surface area contributed by atoms with Gasteiger partial charge in [0.05, 0.1) is 0 Å². The lowest BCUT2D eigenvalue weighted by atomic mass is 10.1. The van der Waals surface area contributed by atoms with E-state index in [2.05, 4.69) is 41.9 Å². The van der Waals surface area contributed by atoms with Gasteiger partial charge in [-0.05, 0) is 30.5 Å². The summed E-state index contributed by atoms with van der Waals surface area (Å²) >= 11 is 3.52. The van der Waals surface area contributed by atoms with Gasteiger partial charge in [-0.15, -0.1) is 0 Å². The summed E-state index contributed by atoms with van der Waals surface area (Å²) in [5, 5.41) is 0. The first-order valence-corrected chi connectivity index (χ1v) is 4.40. The number of hydrogen-bond donors (Lipinski definition) is 1. The van der Waals surface area contributed by atoms with Crippen LogP contribution < -0.4 is 5.73 Å². The van der Waals surface area contributed by atoms with E-state index in [1.54, 1.807) is 0 Å². The minimum Gasteiger partial charge on any atom is -0.326 e. The van der Waals surface area contributed by atoms with E-state index in [4.69, 9.17) is 5.73 Å². The van der Waals surface area contributed by atoms with Crippen LogP contribution in [0.2, 0.25) is 0 Å².